The zero-order chi connectivity index (χ0) is 27.2. The molecule has 0 bridgehead atoms. The molecule has 2 unspecified atom stereocenters. The van der Waals surface area contributed by atoms with E-state index in [9.17, 15) is 0 Å². The molecular weight excluding hydrogens is 482 g/mol. The van der Waals surface area contributed by atoms with Crippen LogP contribution in [0.3, 0.4) is 0 Å². The monoisotopic (exact) mass is 527 g/mol. The lowest BCUT2D eigenvalue weighted by Gasteiger charge is -2.44. The molecule has 1 fully saturated rings. The number of hydrogen-bond acceptors (Lipinski definition) is 4. The predicted molar refractivity (Wildman–Crippen MR) is 159 cm³/mol. The van der Waals surface area contributed by atoms with Crippen molar-refractivity contribution in [3.63, 3.8) is 0 Å². The minimum absolute atomic E-state index is 0.195. The van der Waals surface area contributed by atoms with Gasteiger partial charge in [-0.3, -0.25) is 0 Å². The van der Waals surface area contributed by atoms with E-state index in [1.807, 2.05) is 0 Å². The fourth-order valence-corrected chi connectivity index (χ4v) is 5.93. The first kappa shape index (κ1) is 27.7. The molecule has 1 N–H and O–H groups in total. The van der Waals surface area contributed by atoms with Crippen LogP contribution in [0.4, 0.5) is 5.69 Å². The Hall–Kier alpha value is -2.82. The van der Waals surface area contributed by atoms with Crippen LogP contribution in [-0.4, -0.2) is 18.3 Å². The van der Waals surface area contributed by atoms with E-state index < -0.39 is 5.60 Å². The number of ether oxygens (including phenoxy) is 3. The summed E-state index contributed by atoms with van der Waals surface area (Å²) in [5.41, 5.74) is 6.56. The van der Waals surface area contributed by atoms with Gasteiger partial charge in [-0.1, -0.05) is 91.8 Å². The highest BCUT2D eigenvalue weighted by atomic mass is 16.6. The fourth-order valence-electron chi connectivity index (χ4n) is 5.93. The summed E-state index contributed by atoms with van der Waals surface area (Å²) in [6.45, 7) is 10.5. The van der Waals surface area contributed by atoms with Gasteiger partial charge in [0.25, 0.3) is 0 Å². The van der Waals surface area contributed by atoms with Crippen LogP contribution in [0.15, 0.2) is 66.7 Å². The second-order valence-electron chi connectivity index (χ2n) is 12.1. The maximum Gasteiger partial charge on any atom is 0.132 e. The van der Waals surface area contributed by atoms with Gasteiger partial charge in [0, 0.05) is 24.4 Å². The standard InChI is InChI=1S/C35H45NO3/c1-25-10-14-28(15-11-25)23-36-30-18-19-32-31(22-30)33(37-21-20-27-8-6-5-7-9-27)34(35(3,4)39-32)38-24-29-16-12-26(2)13-17-29/h10-19,22,27,33-34,36H,5-9,20-21,23-24H2,1-4H3. The number of anilines is 1. The van der Waals surface area contributed by atoms with Crippen molar-refractivity contribution in [1.29, 1.82) is 0 Å². The van der Waals surface area contributed by atoms with Crippen LogP contribution >= 0.6 is 0 Å². The molecule has 39 heavy (non-hydrogen) atoms. The quantitative estimate of drug-likeness (QED) is 0.286. The first-order chi connectivity index (χ1) is 18.9. The number of rotatable bonds is 10. The Morgan fingerprint density at radius 1 is 0.821 bits per heavy atom. The molecule has 3 aromatic carbocycles. The van der Waals surface area contributed by atoms with Crippen molar-refractivity contribution in [2.45, 2.75) is 97.2 Å². The largest absolute Gasteiger partial charge is 0.485 e. The SMILES string of the molecule is Cc1ccc(CNc2ccc3c(c2)C(OCCC2CCCCC2)C(OCc2ccc(C)cc2)C(C)(C)O3)cc1. The van der Waals surface area contributed by atoms with Gasteiger partial charge in [-0.25, -0.2) is 0 Å². The average molecular weight is 528 g/mol. The van der Waals surface area contributed by atoms with Crippen molar-refractivity contribution in [1.82, 2.24) is 0 Å². The van der Waals surface area contributed by atoms with Gasteiger partial charge in [0.1, 0.15) is 23.6 Å². The van der Waals surface area contributed by atoms with Crippen LogP contribution in [0.2, 0.25) is 0 Å². The summed E-state index contributed by atoms with van der Waals surface area (Å²) in [5, 5.41) is 3.61. The van der Waals surface area contributed by atoms with E-state index in [2.05, 4.69) is 99.7 Å². The number of aryl methyl sites for hydroxylation is 2. The van der Waals surface area contributed by atoms with Gasteiger partial charge >= 0.3 is 0 Å². The second-order valence-corrected chi connectivity index (χ2v) is 12.1. The van der Waals surface area contributed by atoms with Gasteiger partial charge in [-0.15, -0.1) is 0 Å². The molecule has 1 saturated carbocycles. The van der Waals surface area contributed by atoms with Gasteiger partial charge < -0.3 is 19.5 Å². The van der Waals surface area contributed by atoms with Crippen LogP contribution in [-0.2, 0) is 22.6 Å². The average Bonchev–Trinajstić information content (AvgIpc) is 2.93. The first-order valence-electron chi connectivity index (χ1n) is 14.8. The van der Waals surface area contributed by atoms with E-state index in [0.29, 0.717) is 6.61 Å². The zero-order valence-corrected chi connectivity index (χ0v) is 24.2. The Balaban J connectivity index is 1.35. The molecule has 3 aromatic rings. The molecule has 208 valence electrons. The molecule has 4 heteroatoms. The van der Waals surface area contributed by atoms with Gasteiger partial charge in [0.15, 0.2) is 0 Å². The van der Waals surface area contributed by atoms with E-state index in [4.69, 9.17) is 14.2 Å². The molecule has 2 atom stereocenters. The molecule has 5 rings (SSSR count). The van der Waals surface area contributed by atoms with Crippen molar-refractivity contribution in [3.05, 3.63) is 94.5 Å². The van der Waals surface area contributed by atoms with Gasteiger partial charge in [-0.2, -0.15) is 0 Å². The van der Waals surface area contributed by atoms with E-state index >= 15 is 0 Å². The maximum absolute atomic E-state index is 6.77. The number of benzene rings is 3. The predicted octanol–water partition coefficient (Wildman–Crippen LogP) is 8.70. The lowest BCUT2D eigenvalue weighted by molar-refractivity contribution is -0.168. The first-order valence-corrected chi connectivity index (χ1v) is 14.8. The molecule has 2 aliphatic rings. The van der Waals surface area contributed by atoms with Crippen LogP contribution < -0.4 is 10.1 Å². The normalized spacial score (nSPS) is 20.7. The molecular formula is C35H45NO3. The van der Waals surface area contributed by atoms with E-state index in [1.165, 1.54) is 48.8 Å². The molecule has 0 aromatic heterocycles. The third kappa shape index (κ3) is 7.23. The molecule has 0 saturated heterocycles. The molecule has 1 heterocycles. The highest BCUT2D eigenvalue weighted by Crippen LogP contribution is 2.45. The molecule has 0 radical (unpaired) electrons. The smallest absolute Gasteiger partial charge is 0.132 e. The number of nitrogens with one attached hydrogen (secondary N) is 1. The third-order valence-electron chi connectivity index (χ3n) is 8.37. The van der Waals surface area contributed by atoms with Crippen molar-refractivity contribution in [2.24, 2.45) is 5.92 Å². The Morgan fingerprint density at radius 3 is 2.18 bits per heavy atom. The summed E-state index contributed by atoms with van der Waals surface area (Å²) in [6, 6.07) is 23.6. The number of fused-ring (bicyclic) bond motifs is 1. The minimum atomic E-state index is -0.524. The topological polar surface area (TPSA) is 39.7 Å². The maximum atomic E-state index is 6.77. The lowest BCUT2D eigenvalue weighted by Crippen LogP contribution is -2.51. The fraction of sp³-hybridized carbons (Fsp3) is 0.486. The molecule has 0 spiro atoms. The van der Waals surface area contributed by atoms with Crippen molar-refractivity contribution in [2.75, 3.05) is 11.9 Å². The Labute approximate surface area is 235 Å². The highest BCUT2D eigenvalue weighted by molar-refractivity contribution is 5.54. The Morgan fingerprint density at radius 2 is 1.49 bits per heavy atom. The van der Waals surface area contributed by atoms with Gasteiger partial charge in [0.2, 0.25) is 0 Å². The molecule has 4 nitrogen and oxygen atoms in total. The summed E-state index contributed by atoms with van der Waals surface area (Å²) >= 11 is 0. The van der Waals surface area contributed by atoms with Gasteiger partial charge in [-0.05, 0) is 69.4 Å². The van der Waals surface area contributed by atoms with Crippen molar-refractivity contribution in [3.8, 4) is 5.75 Å². The lowest BCUT2D eigenvalue weighted by atomic mass is 9.86. The summed E-state index contributed by atoms with van der Waals surface area (Å²) in [4.78, 5) is 0. The Bertz CT molecular complexity index is 1200. The molecule has 1 aliphatic carbocycles. The van der Waals surface area contributed by atoms with Crippen LogP contribution in [0.5, 0.6) is 5.75 Å². The zero-order valence-electron chi connectivity index (χ0n) is 24.2. The van der Waals surface area contributed by atoms with E-state index in [-0.39, 0.29) is 12.2 Å². The minimum Gasteiger partial charge on any atom is -0.485 e. The molecule has 1 aliphatic heterocycles. The summed E-state index contributed by atoms with van der Waals surface area (Å²) in [6.07, 6.45) is 7.45. The van der Waals surface area contributed by atoms with E-state index in [1.54, 1.807) is 0 Å². The van der Waals surface area contributed by atoms with Crippen LogP contribution in [0.1, 0.15) is 86.3 Å². The summed E-state index contributed by atoms with van der Waals surface area (Å²) in [5.74, 6) is 1.67. The third-order valence-corrected chi connectivity index (χ3v) is 8.37. The van der Waals surface area contributed by atoms with Crippen molar-refractivity contribution < 1.29 is 14.2 Å². The second kappa shape index (κ2) is 12.6. The summed E-state index contributed by atoms with van der Waals surface area (Å²) < 4.78 is 20.0. The number of hydrogen-bond donors (Lipinski definition) is 1. The van der Waals surface area contributed by atoms with Gasteiger partial charge in [0.05, 0.1) is 6.61 Å². The van der Waals surface area contributed by atoms with Crippen LogP contribution in [0, 0.1) is 19.8 Å². The Kier molecular flexibility index (Phi) is 8.94. The summed E-state index contributed by atoms with van der Waals surface area (Å²) in [7, 11) is 0. The highest BCUT2D eigenvalue weighted by Gasteiger charge is 2.45. The van der Waals surface area contributed by atoms with Crippen LogP contribution in [0.25, 0.3) is 0 Å². The van der Waals surface area contributed by atoms with Crippen molar-refractivity contribution >= 4 is 5.69 Å². The van der Waals surface area contributed by atoms with E-state index in [0.717, 1.165) is 48.1 Å². The molecule has 0 amide bonds.